The van der Waals surface area contributed by atoms with Crippen molar-refractivity contribution in [2.45, 2.75) is 13.3 Å². The van der Waals surface area contributed by atoms with E-state index in [0.717, 1.165) is 6.42 Å². The van der Waals surface area contributed by atoms with E-state index in [1.54, 1.807) is 29.2 Å². The Hall–Kier alpha value is -2.34. The lowest BCUT2D eigenvalue weighted by Gasteiger charge is -2.13. The Kier molecular flexibility index (Phi) is 4.91. The number of aromatic amines is 1. The summed E-state index contributed by atoms with van der Waals surface area (Å²) in [5.74, 6) is -0.0653. The molecule has 0 saturated heterocycles. The molecule has 4 aromatic rings. The first-order valence-electron chi connectivity index (χ1n) is 8.09. The van der Waals surface area contributed by atoms with Crippen LogP contribution in [0.25, 0.3) is 27.8 Å². The Bertz CT molecular complexity index is 1160. The molecule has 0 aliphatic heterocycles. The summed E-state index contributed by atoms with van der Waals surface area (Å²) in [5.41, 5.74) is 2.32. The third kappa shape index (κ3) is 3.12. The minimum absolute atomic E-state index is 0.0294. The number of benzene rings is 1. The van der Waals surface area contributed by atoms with Gasteiger partial charge in [-0.25, -0.2) is 12.4 Å². The monoisotopic (exact) mass is 501 g/mol. The molecule has 0 saturated carbocycles. The topological polar surface area (TPSA) is 100 Å². The summed E-state index contributed by atoms with van der Waals surface area (Å²) in [6.45, 7) is 2.60. The molecule has 0 atom stereocenters. The Morgan fingerprint density at radius 3 is 3.00 bits per heavy atom. The van der Waals surface area contributed by atoms with Gasteiger partial charge in [-0.1, -0.05) is 18.5 Å². The van der Waals surface area contributed by atoms with Gasteiger partial charge in [0.25, 0.3) is 21.5 Å². The van der Waals surface area contributed by atoms with E-state index in [2.05, 4.69) is 29.0 Å². The number of imidazole rings is 1. The molecule has 0 aliphatic carbocycles. The van der Waals surface area contributed by atoms with E-state index in [4.69, 9.17) is 11.6 Å². The largest absolute Gasteiger partial charge is 0.381 e. The highest BCUT2D eigenvalue weighted by molar-refractivity contribution is 14.1. The van der Waals surface area contributed by atoms with Gasteiger partial charge in [-0.05, 0) is 6.42 Å². The summed E-state index contributed by atoms with van der Waals surface area (Å²) in [6.07, 6.45) is 7.37. The molecule has 4 rings (SSSR count). The first-order chi connectivity index (χ1) is 13.1. The van der Waals surface area contributed by atoms with Crippen LogP contribution in [0.3, 0.4) is 0 Å². The van der Waals surface area contributed by atoms with Crippen molar-refractivity contribution in [1.29, 1.82) is 0 Å². The van der Waals surface area contributed by atoms with Crippen molar-refractivity contribution in [3.63, 3.8) is 0 Å². The average Bonchev–Trinajstić information content (AvgIpc) is 3.28. The molecular weight excluding hydrogens is 488 g/mol. The maximum Gasteiger partial charge on any atom is 0.271 e. The highest BCUT2D eigenvalue weighted by atomic mass is 127. The molecule has 27 heavy (non-hydrogen) atoms. The number of halogens is 3. The summed E-state index contributed by atoms with van der Waals surface area (Å²) < 4.78 is 30.2. The molecule has 3 heterocycles. The predicted octanol–water partition coefficient (Wildman–Crippen LogP) is 4.53. The van der Waals surface area contributed by atoms with Gasteiger partial charge in [-0.2, -0.15) is 5.10 Å². The molecule has 0 amide bonds. The number of nitrogens with zero attached hydrogens (tertiary/aromatic N) is 4. The van der Waals surface area contributed by atoms with Crippen LogP contribution in [0.15, 0.2) is 24.8 Å². The van der Waals surface area contributed by atoms with Gasteiger partial charge in [0.2, 0.25) is 0 Å². The fourth-order valence-electron chi connectivity index (χ4n) is 2.89. The van der Waals surface area contributed by atoms with Crippen LogP contribution in [0, 0.1) is 5.82 Å². The van der Waals surface area contributed by atoms with Crippen LogP contribution in [0.2, 0.25) is 5.02 Å². The van der Waals surface area contributed by atoms with Crippen LogP contribution >= 0.6 is 33.1 Å². The van der Waals surface area contributed by atoms with Gasteiger partial charge in [-0.15, -0.1) is 0 Å². The summed E-state index contributed by atoms with van der Waals surface area (Å²) in [7, 11) is 0. The van der Waals surface area contributed by atoms with E-state index >= 15 is 0 Å². The molecule has 1 aromatic carbocycles. The zero-order valence-electron chi connectivity index (χ0n) is 14.1. The van der Waals surface area contributed by atoms with Crippen molar-refractivity contribution < 1.29 is 7.46 Å². The molecule has 3 N–H and O–H groups in total. The normalized spacial score (nSPS) is 11.4. The number of aromatic nitrogens is 5. The molecule has 0 bridgehead atoms. The molecule has 0 fully saturated rings. The number of rotatable bonds is 6. The molecule has 0 unspecified atom stereocenters. The molecule has 3 aromatic heterocycles. The number of anilines is 2. The van der Waals surface area contributed by atoms with E-state index in [0.29, 0.717) is 45.9 Å². The minimum Gasteiger partial charge on any atom is -0.381 e. The second-order valence-corrected chi connectivity index (χ2v) is 7.16. The maximum atomic E-state index is 15.0. The summed E-state index contributed by atoms with van der Waals surface area (Å²) in [5, 5.41) is 10.6. The van der Waals surface area contributed by atoms with Crippen molar-refractivity contribution in [3.05, 3.63) is 35.6 Å². The highest BCUT2D eigenvalue weighted by Crippen LogP contribution is 2.40. The summed E-state index contributed by atoms with van der Waals surface area (Å²) >= 11 is 5.00. The van der Waals surface area contributed by atoms with Crippen LogP contribution in [0.1, 0.15) is 13.3 Å². The zero-order valence-corrected chi connectivity index (χ0v) is 17.0. The van der Waals surface area contributed by atoms with Gasteiger partial charge < -0.3 is 9.72 Å². The summed E-state index contributed by atoms with van der Waals surface area (Å²) in [6, 6.07) is 0. The fourth-order valence-corrected chi connectivity index (χ4v) is 3.67. The van der Waals surface area contributed by atoms with E-state index in [1.165, 1.54) is 0 Å². The molecule has 0 spiro atoms. The first kappa shape index (κ1) is 18.0. The quantitative estimate of drug-likeness (QED) is 0.265. The van der Waals surface area contributed by atoms with Crippen molar-refractivity contribution in [3.8, 4) is 11.3 Å². The zero-order chi connectivity index (χ0) is 19.0. The van der Waals surface area contributed by atoms with Crippen molar-refractivity contribution in [2.24, 2.45) is 0 Å². The number of hydrogen-bond acceptors (Lipinski definition) is 5. The van der Waals surface area contributed by atoms with Crippen LogP contribution in [0.5, 0.6) is 0 Å². The van der Waals surface area contributed by atoms with Crippen molar-refractivity contribution in [2.75, 3.05) is 15.4 Å². The first-order valence-corrected chi connectivity index (χ1v) is 10.4. The SMILES string of the molecule is CCCNc1c(F)c(Cl)c(-c2cn3cc(NI=O)nc3cn2)c2cn[nH]c12. The van der Waals surface area contributed by atoms with E-state index in [9.17, 15) is 7.46 Å². The van der Waals surface area contributed by atoms with Gasteiger partial charge >= 0.3 is 0 Å². The molecule has 11 heteroatoms. The van der Waals surface area contributed by atoms with E-state index in [1.807, 2.05) is 6.92 Å². The lowest BCUT2D eigenvalue weighted by atomic mass is 10.1. The Labute approximate surface area is 168 Å². The van der Waals surface area contributed by atoms with Crippen molar-refractivity contribution >= 4 is 61.1 Å². The smallest absolute Gasteiger partial charge is 0.271 e. The Balaban J connectivity index is 1.91. The minimum atomic E-state index is -1.38. The van der Waals surface area contributed by atoms with Gasteiger partial charge in [0.15, 0.2) is 17.3 Å². The van der Waals surface area contributed by atoms with Crippen LogP contribution in [-0.2, 0) is 3.07 Å². The lowest BCUT2D eigenvalue weighted by molar-refractivity contribution is 0.632. The third-order valence-corrected chi connectivity index (χ3v) is 5.20. The maximum absolute atomic E-state index is 15.0. The Morgan fingerprint density at radius 2 is 2.22 bits per heavy atom. The van der Waals surface area contributed by atoms with Crippen LogP contribution < -0.4 is 8.85 Å². The molecule has 8 nitrogen and oxygen atoms in total. The third-order valence-electron chi connectivity index (χ3n) is 4.08. The molecule has 140 valence electrons. The molecule has 0 radical (unpaired) electrons. The Morgan fingerprint density at radius 1 is 1.37 bits per heavy atom. The standard InChI is InChI=1S/C16H14ClFIN7O/c1-2-3-20-16-14(18)13(17)12(8-4-22-25-15(8)16)9-6-26-7-10(24-19-27)23-11(26)5-21-9/h4-7,20H,2-3H2,1H3,(H,22,25)(H,24,27). The molecule has 0 aliphatic rings. The van der Waals surface area contributed by atoms with Crippen LogP contribution in [0.4, 0.5) is 15.9 Å². The number of H-pyrrole nitrogens is 1. The van der Waals surface area contributed by atoms with Gasteiger partial charge in [0.1, 0.15) is 0 Å². The second kappa shape index (κ2) is 7.35. The molecular formula is C16H14ClFIN7O. The highest BCUT2D eigenvalue weighted by Gasteiger charge is 2.22. The van der Waals surface area contributed by atoms with Gasteiger partial charge in [0, 0.05) is 23.7 Å². The van der Waals surface area contributed by atoms with E-state index < -0.39 is 27.3 Å². The predicted molar refractivity (Wildman–Crippen MR) is 110 cm³/mol. The second-order valence-electron chi connectivity index (χ2n) is 5.80. The lowest BCUT2D eigenvalue weighted by Crippen LogP contribution is -2.04. The number of nitrogens with one attached hydrogen (secondary N) is 3. The fraction of sp³-hybridized carbons (Fsp3) is 0.188. The number of fused-ring (bicyclic) bond motifs is 2. The summed E-state index contributed by atoms with van der Waals surface area (Å²) in [4.78, 5) is 8.64. The number of hydrogen-bond donors (Lipinski definition) is 3. The van der Waals surface area contributed by atoms with E-state index in [-0.39, 0.29) is 5.02 Å². The van der Waals surface area contributed by atoms with Gasteiger partial charge in [-0.3, -0.25) is 13.6 Å². The van der Waals surface area contributed by atoms with Gasteiger partial charge in [0.05, 0.1) is 40.5 Å². The van der Waals surface area contributed by atoms with Crippen LogP contribution in [-0.4, -0.2) is 31.1 Å². The van der Waals surface area contributed by atoms with Crippen molar-refractivity contribution in [1.82, 2.24) is 24.6 Å². The average molecular weight is 502 g/mol.